The Bertz CT molecular complexity index is 755. The van der Waals surface area contributed by atoms with Gasteiger partial charge in [-0.05, 0) is 92.9 Å². The molecule has 1 aromatic rings. The fourth-order valence-corrected chi connectivity index (χ4v) is 7.07. The van der Waals surface area contributed by atoms with Crippen LogP contribution >= 0.6 is 11.6 Å². The first-order valence-electron chi connectivity index (χ1n) is 10.8. The molecule has 4 aliphatic carbocycles. The molecule has 4 saturated carbocycles. The molecule has 0 aromatic heterocycles. The first kappa shape index (κ1) is 18.5. The second kappa shape index (κ2) is 6.76. The predicted octanol–water partition coefficient (Wildman–Crippen LogP) is 4.41. The van der Waals surface area contributed by atoms with Crippen molar-refractivity contribution in [2.75, 3.05) is 11.4 Å². The molecule has 0 radical (unpaired) electrons. The minimum Gasteiger partial charge on any atom is -0.353 e. The second-order valence-corrected chi connectivity index (χ2v) is 10.3. The third-order valence-electron chi connectivity index (χ3n) is 8.00. The molecule has 150 valence electrons. The van der Waals surface area contributed by atoms with Crippen molar-refractivity contribution in [2.24, 2.45) is 29.1 Å². The minimum atomic E-state index is -0.264. The fraction of sp³-hybridized carbons (Fsp3) is 0.652. The smallest absolute Gasteiger partial charge is 0.227 e. The molecule has 4 nitrogen and oxygen atoms in total. The highest BCUT2D eigenvalue weighted by molar-refractivity contribution is 6.30. The zero-order chi connectivity index (χ0) is 19.5. The largest absolute Gasteiger partial charge is 0.353 e. The number of carbonyl (C=O) groups excluding carboxylic acids is 2. The zero-order valence-electron chi connectivity index (χ0n) is 16.5. The van der Waals surface area contributed by atoms with Crippen LogP contribution in [0.4, 0.5) is 5.69 Å². The molecule has 5 fully saturated rings. The maximum Gasteiger partial charge on any atom is 0.227 e. The van der Waals surface area contributed by atoms with Crippen LogP contribution in [0.3, 0.4) is 0 Å². The van der Waals surface area contributed by atoms with Gasteiger partial charge in [0.15, 0.2) is 0 Å². The normalized spacial score (nSPS) is 37.4. The number of hydrogen-bond donors (Lipinski definition) is 1. The van der Waals surface area contributed by atoms with Crippen LogP contribution < -0.4 is 10.2 Å². The topological polar surface area (TPSA) is 49.4 Å². The van der Waals surface area contributed by atoms with E-state index in [1.165, 1.54) is 38.5 Å². The number of hydrogen-bond acceptors (Lipinski definition) is 2. The number of amides is 2. The minimum absolute atomic E-state index is 0.0185. The van der Waals surface area contributed by atoms with Crippen molar-refractivity contribution < 1.29 is 9.59 Å². The van der Waals surface area contributed by atoms with Crippen LogP contribution in [0.1, 0.15) is 51.9 Å². The molecule has 1 aromatic carbocycles. The SMILES string of the molecule is CC(NC(=O)C1CC(=O)N(c2ccc(Cl)cc2)C1)C12CC3CC(CC(C3)C1)C2. The van der Waals surface area contributed by atoms with E-state index in [0.29, 0.717) is 23.4 Å². The molecule has 4 bridgehead atoms. The molecule has 1 heterocycles. The van der Waals surface area contributed by atoms with Gasteiger partial charge in [-0.1, -0.05) is 11.6 Å². The highest BCUT2D eigenvalue weighted by Crippen LogP contribution is 2.61. The van der Waals surface area contributed by atoms with Gasteiger partial charge in [0.05, 0.1) is 5.92 Å². The van der Waals surface area contributed by atoms with Crippen LogP contribution in [0.25, 0.3) is 0 Å². The van der Waals surface area contributed by atoms with Crippen molar-refractivity contribution in [3.8, 4) is 0 Å². The van der Waals surface area contributed by atoms with Gasteiger partial charge in [0.25, 0.3) is 0 Å². The van der Waals surface area contributed by atoms with Crippen molar-refractivity contribution >= 4 is 29.1 Å². The summed E-state index contributed by atoms with van der Waals surface area (Å²) in [5.74, 6) is 2.43. The third kappa shape index (κ3) is 3.14. The summed E-state index contributed by atoms with van der Waals surface area (Å²) in [6.07, 6.45) is 8.36. The molecule has 5 heteroatoms. The van der Waals surface area contributed by atoms with Crippen LogP contribution in [-0.4, -0.2) is 24.4 Å². The molecule has 2 amide bonds. The van der Waals surface area contributed by atoms with E-state index in [-0.39, 0.29) is 23.8 Å². The van der Waals surface area contributed by atoms with Gasteiger partial charge < -0.3 is 10.2 Å². The van der Waals surface area contributed by atoms with Crippen molar-refractivity contribution in [2.45, 2.75) is 57.9 Å². The average Bonchev–Trinajstić information content (AvgIpc) is 3.03. The Morgan fingerprint density at radius 1 is 1.11 bits per heavy atom. The number of nitrogens with one attached hydrogen (secondary N) is 1. The van der Waals surface area contributed by atoms with E-state index in [0.717, 1.165) is 23.4 Å². The summed E-state index contributed by atoms with van der Waals surface area (Å²) in [6, 6.07) is 7.46. The monoisotopic (exact) mass is 400 g/mol. The summed E-state index contributed by atoms with van der Waals surface area (Å²) >= 11 is 5.95. The Kier molecular flexibility index (Phi) is 4.46. The van der Waals surface area contributed by atoms with Crippen molar-refractivity contribution in [1.82, 2.24) is 5.32 Å². The van der Waals surface area contributed by atoms with Gasteiger partial charge in [-0.15, -0.1) is 0 Å². The summed E-state index contributed by atoms with van der Waals surface area (Å²) in [5.41, 5.74) is 1.11. The Balaban J connectivity index is 1.25. The van der Waals surface area contributed by atoms with E-state index in [2.05, 4.69) is 12.2 Å². The lowest BCUT2D eigenvalue weighted by molar-refractivity contribution is -0.130. The molecule has 2 atom stereocenters. The Morgan fingerprint density at radius 2 is 1.68 bits per heavy atom. The van der Waals surface area contributed by atoms with E-state index in [4.69, 9.17) is 11.6 Å². The fourth-order valence-electron chi connectivity index (χ4n) is 6.95. The van der Waals surface area contributed by atoms with Crippen LogP contribution in [0.2, 0.25) is 5.02 Å². The standard InChI is InChI=1S/C23H29ClN2O2/c1-14(23-10-15-6-16(11-23)8-17(7-15)12-23)25-22(28)18-9-21(27)26(13-18)20-4-2-19(24)3-5-20/h2-5,14-18H,6-13H2,1H3,(H,25,28). The number of benzene rings is 1. The van der Waals surface area contributed by atoms with E-state index in [1.807, 2.05) is 12.1 Å². The highest BCUT2D eigenvalue weighted by atomic mass is 35.5. The zero-order valence-corrected chi connectivity index (χ0v) is 17.3. The summed E-state index contributed by atoms with van der Waals surface area (Å²) in [7, 11) is 0. The van der Waals surface area contributed by atoms with Gasteiger partial charge >= 0.3 is 0 Å². The third-order valence-corrected chi connectivity index (χ3v) is 8.25. The van der Waals surface area contributed by atoms with E-state index in [9.17, 15) is 9.59 Å². The van der Waals surface area contributed by atoms with Gasteiger partial charge in [-0.3, -0.25) is 9.59 Å². The van der Waals surface area contributed by atoms with Crippen LogP contribution in [0.15, 0.2) is 24.3 Å². The molecule has 1 N–H and O–H groups in total. The molecule has 0 spiro atoms. The van der Waals surface area contributed by atoms with Gasteiger partial charge in [0, 0.05) is 29.7 Å². The van der Waals surface area contributed by atoms with E-state index >= 15 is 0 Å². The quantitative estimate of drug-likeness (QED) is 0.813. The first-order valence-corrected chi connectivity index (χ1v) is 11.2. The molecular weight excluding hydrogens is 372 g/mol. The maximum absolute atomic E-state index is 13.0. The number of rotatable bonds is 4. The molecule has 5 aliphatic rings. The molecule has 1 aliphatic heterocycles. The summed E-state index contributed by atoms with van der Waals surface area (Å²) < 4.78 is 0. The summed E-state index contributed by atoms with van der Waals surface area (Å²) in [6.45, 7) is 2.67. The van der Waals surface area contributed by atoms with Crippen LogP contribution in [0.5, 0.6) is 0 Å². The van der Waals surface area contributed by atoms with Crippen molar-refractivity contribution in [3.63, 3.8) is 0 Å². The lowest BCUT2D eigenvalue weighted by Gasteiger charge is -2.59. The van der Waals surface area contributed by atoms with Crippen LogP contribution in [0, 0.1) is 29.1 Å². The molecular formula is C23H29ClN2O2. The van der Waals surface area contributed by atoms with Gasteiger partial charge in [-0.2, -0.15) is 0 Å². The van der Waals surface area contributed by atoms with Crippen LogP contribution in [-0.2, 0) is 9.59 Å². The highest BCUT2D eigenvalue weighted by Gasteiger charge is 2.53. The van der Waals surface area contributed by atoms with Crippen molar-refractivity contribution in [1.29, 1.82) is 0 Å². The lowest BCUT2D eigenvalue weighted by Crippen LogP contribution is -2.56. The van der Waals surface area contributed by atoms with Gasteiger partial charge in [0.2, 0.25) is 11.8 Å². The molecule has 28 heavy (non-hydrogen) atoms. The van der Waals surface area contributed by atoms with E-state index in [1.54, 1.807) is 17.0 Å². The number of nitrogens with zero attached hydrogens (tertiary/aromatic N) is 1. The number of carbonyl (C=O) groups is 2. The number of anilines is 1. The average molecular weight is 401 g/mol. The van der Waals surface area contributed by atoms with Crippen molar-refractivity contribution in [3.05, 3.63) is 29.3 Å². The number of halogens is 1. The molecule has 1 saturated heterocycles. The summed E-state index contributed by atoms with van der Waals surface area (Å²) in [5, 5.41) is 3.99. The Labute approximate surface area is 172 Å². The molecule has 6 rings (SSSR count). The lowest BCUT2D eigenvalue weighted by atomic mass is 9.48. The molecule has 2 unspecified atom stereocenters. The summed E-state index contributed by atoms with van der Waals surface area (Å²) in [4.78, 5) is 27.2. The second-order valence-electron chi connectivity index (χ2n) is 9.89. The van der Waals surface area contributed by atoms with E-state index < -0.39 is 0 Å². The Hall–Kier alpha value is -1.55. The maximum atomic E-state index is 13.0. The van der Waals surface area contributed by atoms with Gasteiger partial charge in [0.1, 0.15) is 0 Å². The Morgan fingerprint density at radius 3 is 2.25 bits per heavy atom. The first-order chi connectivity index (χ1) is 13.4. The van der Waals surface area contributed by atoms with Gasteiger partial charge in [-0.25, -0.2) is 0 Å². The predicted molar refractivity (Wildman–Crippen MR) is 110 cm³/mol.